The molecule has 0 aliphatic carbocycles. The number of anilines is 1. The highest BCUT2D eigenvalue weighted by Crippen LogP contribution is 2.36. The summed E-state index contributed by atoms with van der Waals surface area (Å²) in [6.45, 7) is 5.34. The van der Waals surface area contributed by atoms with Gasteiger partial charge in [0.2, 0.25) is 5.95 Å². The second kappa shape index (κ2) is 6.14. The Bertz CT molecular complexity index is 433. The molecule has 0 spiro atoms. The maximum atomic E-state index is 5.20. The van der Waals surface area contributed by atoms with Crippen LogP contribution in [0.4, 0.5) is 5.95 Å². The average molecular weight is 278 g/mol. The van der Waals surface area contributed by atoms with E-state index in [4.69, 9.17) is 4.74 Å². The van der Waals surface area contributed by atoms with Crippen molar-refractivity contribution in [3.63, 3.8) is 0 Å². The van der Waals surface area contributed by atoms with Gasteiger partial charge in [0.15, 0.2) is 0 Å². The van der Waals surface area contributed by atoms with Crippen molar-refractivity contribution in [2.45, 2.75) is 50.7 Å². The number of hydrogen-bond acceptors (Lipinski definition) is 4. The minimum atomic E-state index is 0.282. The molecule has 112 valence electrons. The van der Waals surface area contributed by atoms with Gasteiger partial charge in [0, 0.05) is 38.1 Å². The highest BCUT2D eigenvalue weighted by molar-refractivity contribution is 5.29. The first kappa shape index (κ1) is 13.9. The highest BCUT2D eigenvalue weighted by Gasteiger charge is 2.37. The second-order valence-electron chi connectivity index (χ2n) is 6.11. The van der Waals surface area contributed by atoms with Crippen LogP contribution in [-0.4, -0.2) is 53.3 Å². The molecule has 3 atom stereocenters. The molecule has 2 saturated heterocycles. The van der Waals surface area contributed by atoms with E-state index in [9.17, 15) is 0 Å². The van der Waals surface area contributed by atoms with Crippen LogP contribution in [0.1, 0.15) is 38.6 Å². The lowest BCUT2D eigenvalue weighted by Crippen LogP contribution is -2.38. The molecule has 5 nitrogen and oxygen atoms in total. The molecule has 2 fully saturated rings. The van der Waals surface area contributed by atoms with Gasteiger partial charge in [0.25, 0.3) is 0 Å². The number of hydrogen-bond donors (Lipinski definition) is 1. The van der Waals surface area contributed by atoms with E-state index in [0.717, 1.165) is 5.95 Å². The van der Waals surface area contributed by atoms with Crippen molar-refractivity contribution in [3.8, 4) is 0 Å². The van der Waals surface area contributed by atoms with Gasteiger partial charge in [-0.25, -0.2) is 4.98 Å². The number of nitrogens with zero attached hydrogens (tertiary/aromatic N) is 3. The first-order chi connectivity index (χ1) is 9.79. The minimum absolute atomic E-state index is 0.282. The lowest BCUT2D eigenvalue weighted by atomic mass is 9.99. The van der Waals surface area contributed by atoms with Crippen molar-refractivity contribution in [2.24, 2.45) is 0 Å². The summed E-state index contributed by atoms with van der Waals surface area (Å²) in [5.41, 5.74) is 0. The molecule has 0 bridgehead atoms. The predicted molar refractivity (Wildman–Crippen MR) is 80.1 cm³/mol. The molecule has 3 heterocycles. The Balaban J connectivity index is 1.72. The van der Waals surface area contributed by atoms with Gasteiger partial charge in [0.1, 0.15) is 0 Å². The van der Waals surface area contributed by atoms with Crippen LogP contribution in [0.15, 0.2) is 12.4 Å². The molecule has 5 heteroatoms. The van der Waals surface area contributed by atoms with Crippen LogP contribution in [0, 0.1) is 0 Å². The number of nitrogens with one attached hydrogen (secondary N) is 1. The molecule has 3 rings (SSSR count). The minimum Gasteiger partial charge on any atom is -0.383 e. The van der Waals surface area contributed by atoms with E-state index in [1.807, 2.05) is 6.20 Å². The summed E-state index contributed by atoms with van der Waals surface area (Å²) in [6.07, 6.45) is 9.35. The van der Waals surface area contributed by atoms with E-state index >= 15 is 0 Å². The SMILES string of the molecule is COCC(C)Nc1nccn1C1CCN2CCCCC12. The van der Waals surface area contributed by atoms with Gasteiger partial charge < -0.3 is 14.6 Å². The summed E-state index contributed by atoms with van der Waals surface area (Å²) in [7, 11) is 1.74. The van der Waals surface area contributed by atoms with E-state index in [1.165, 1.54) is 38.8 Å². The predicted octanol–water partition coefficient (Wildman–Crippen LogP) is 2.13. The van der Waals surface area contributed by atoms with Crippen LogP contribution >= 0.6 is 0 Å². The third kappa shape index (κ3) is 2.69. The zero-order chi connectivity index (χ0) is 13.9. The second-order valence-corrected chi connectivity index (χ2v) is 6.11. The monoisotopic (exact) mass is 278 g/mol. The Morgan fingerprint density at radius 2 is 2.25 bits per heavy atom. The molecular formula is C15H26N4O. The van der Waals surface area contributed by atoms with Crippen molar-refractivity contribution in [1.82, 2.24) is 14.5 Å². The Morgan fingerprint density at radius 3 is 3.10 bits per heavy atom. The summed E-state index contributed by atoms with van der Waals surface area (Å²) in [6, 6.07) is 1.57. The van der Waals surface area contributed by atoms with E-state index in [0.29, 0.717) is 18.7 Å². The van der Waals surface area contributed by atoms with Crippen LogP contribution < -0.4 is 5.32 Å². The Kier molecular flexibility index (Phi) is 4.27. The summed E-state index contributed by atoms with van der Waals surface area (Å²) >= 11 is 0. The molecule has 0 amide bonds. The third-order valence-electron chi connectivity index (χ3n) is 4.64. The highest BCUT2D eigenvalue weighted by atomic mass is 16.5. The van der Waals surface area contributed by atoms with Gasteiger partial charge in [-0.1, -0.05) is 6.42 Å². The molecular weight excluding hydrogens is 252 g/mol. The number of fused-ring (bicyclic) bond motifs is 1. The lowest BCUT2D eigenvalue weighted by Gasteiger charge is -2.33. The van der Waals surface area contributed by atoms with E-state index < -0.39 is 0 Å². The van der Waals surface area contributed by atoms with Crippen molar-refractivity contribution < 1.29 is 4.74 Å². The van der Waals surface area contributed by atoms with Gasteiger partial charge >= 0.3 is 0 Å². The van der Waals surface area contributed by atoms with Gasteiger partial charge in [0.05, 0.1) is 12.6 Å². The zero-order valence-corrected chi connectivity index (χ0v) is 12.6. The largest absolute Gasteiger partial charge is 0.383 e. The fourth-order valence-electron chi connectivity index (χ4n) is 3.75. The summed E-state index contributed by atoms with van der Waals surface area (Å²) in [5.74, 6) is 0.993. The number of imidazole rings is 1. The molecule has 0 radical (unpaired) electrons. The van der Waals surface area contributed by atoms with Crippen LogP contribution in [0.3, 0.4) is 0 Å². The number of ether oxygens (including phenoxy) is 1. The molecule has 1 aromatic heterocycles. The average Bonchev–Trinajstić information content (AvgIpc) is 3.05. The summed E-state index contributed by atoms with van der Waals surface area (Å²) in [4.78, 5) is 7.16. The van der Waals surface area contributed by atoms with Gasteiger partial charge in [-0.15, -0.1) is 0 Å². The number of aromatic nitrogens is 2. The summed E-state index contributed by atoms with van der Waals surface area (Å²) < 4.78 is 7.55. The lowest BCUT2D eigenvalue weighted by molar-refractivity contribution is 0.173. The topological polar surface area (TPSA) is 42.3 Å². The van der Waals surface area contributed by atoms with E-state index in [1.54, 1.807) is 7.11 Å². The third-order valence-corrected chi connectivity index (χ3v) is 4.64. The maximum absolute atomic E-state index is 5.20. The molecule has 1 aromatic rings. The zero-order valence-electron chi connectivity index (χ0n) is 12.6. The first-order valence-corrected chi connectivity index (χ1v) is 7.82. The van der Waals surface area contributed by atoms with Gasteiger partial charge in [-0.05, 0) is 32.7 Å². The standard InChI is InChI=1S/C15H26N4O/c1-12(11-20-2)17-15-16-7-10-19(15)14-6-9-18-8-4-3-5-13(14)18/h7,10,12-14H,3-6,8-9,11H2,1-2H3,(H,16,17). The smallest absolute Gasteiger partial charge is 0.203 e. The molecule has 20 heavy (non-hydrogen) atoms. The van der Waals surface area contributed by atoms with Crippen LogP contribution in [0.2, 0.25) is 0 Å². The van der Waals surface area contributed by atoms with E-state index in [2.05, 4.69) is 32.9 Å². The quantitative estimate of drug-likeness (QED) is 0.896. The fraction of sp³-hybridized carbons (Fsp3) is 0.800. The Labute approximate surface area is 121 Å². The van der Waals surface area contributed by atoms with Crippen molar-refractivity contribution >= 4 is 5.95 Å². The first-order valence-electron chi connectivity index (χ1n) is 7.82. The van der Waals surface area contributed by atoms with Crippen LogP contribution in [0.5, 0.6) is 0 Å². The molecule has 2 aliphatic rings. The normalized spacial score (nSPS) is 28.3. The molecule has 1 N–H and O–H groups in total. The van der Waals surface area contributed by atoms with Crippen molar-refractivity contribution in [1.29, 1.82) is 0 Å². The molecule has 3 unspecified atom stereocenters. The van der Waals surface area contributed by atoms with Gasteiger partial charge in [-0.2, -0.15) is 0 Å². The fourth-order valence-corrected chi connectivity index (χ4v) is 3.75. The number of methoxy groups -OCH3 is 1. The van der Waals surface area contributed by atoms with Gasteiger partial charge in [-0.3, -0.25) is 4.90 Å². The molecule has 0 aromatic carbocycles. The summed E-state index contributed by atoms with van der Waals surface area (Å²) in [5, 5.41) is 3.47. The van der Waals surface area contributed by atoms with Crippen molar-refractivity contribution in [3.05, 3.63) is 12.4 Å². The molecule has 0 saturated carbocycles. The maximum Gasteiger partial charge on any atom is 0.203 e. The Morgan fingerprint density at radius 1 is 1.35 bits per heavy atom. The number of rotatable bonds is 5. The number of piperidine rings is 1. The van der Waals surface area contributed by atoms with Crippen LogP contribution in [0.25, 0.3) is 0 Å². The Hall–Kier alpha value is -1.07. The van der Waals surface area contributed by atoms with Crippen molar-refractivity contribution in [2.75, 3.05) is 32.1 Å². The molecule has 2 aliphatic heterocycles. The van der Waals surface area contributed by atoms with E-state index in [-0.39, 0.29) is 6.04 Å². The van der Waals surface area contributed by atoms with Crippen LogP contribution in [-0.2, 0) is 4.74 Å².